The number of methoxy groups -OCH3 is 1. The second-order valence-electron chi connectivity index (χ2n) is 7.08. The van der Waals surface area contributed by atoms with Crippen LogP contribution in [0, 0.1) is 0 Å². The van der Waals surface area contributed by atoms with Gasteiger partial charge in [0.25, 0.3) is 11.8 Å². The van der Waals surface area contributed by atoms with Crippen LogP contribution < -0.4 is 19.7 Å². The first-order valence-electron chi connectivity index (χ1n) is 9.91. The second kappa shape index (κ2) is 9.05. The first kappa shape index (κ1) is 21.3. The van der Waals surface area contributed by atoms with E-state index in [1.54, 1.807) is 29.2 Å². The van der Waals surface area contributed by atoms with Gasteiger partial charge in [-0.2, -0.15) is 8.78 Å². The van der Waals surface area contributed by atoms with E-state index in [2.05, 4.69) is 10.1 Å². The van der Waals surface area contributed by atoms with Crippen molar-refractivity contribution in [2.45, 2.75) is 13.0 Å². The van der Waals surface area contributed by atoms with Crippen LogP contribution in [-0.4, -0.2) is 32.1 Å². The molecule has 0 saturated heterocycles. The maximum atomic E-state index is 12.9. The normalized spacial score (nSPS) is 12.4. The van der Waals surface area contributed by atoms with Crippen molar-refractivity contribution in [3.05, 3.63) is 83.4 Å². The number of carbonyl (C=O) groups excluding carboxylic acids is 2. The van der Waals surface area contributed by atoms with Crippen molar-refractivity contribution in [3.8, 4) is 11.5 Å². The van der Waals surface area contributed by atoms with Crippen LogP contribution in [0.3, 0.4) is 0 Å². The number of rotatable bonds is 6. The van der Waals surface area contributed by atoms with Gasteiger partial charge in [0.15, 0.2) is 11.5 Å². The van der Waals surface area contributed by atoms with E-state index in [0.717, 1.165) is 17.7 Å². The van der Waals surface area contributed by atoms with Gasteiger partial charge in [0.2, 0.25) is 0 Å². The lowest BCUT2D eigenvalue weighted by Gasteiger charge is -2.17. The Morgan fingerprint density at radius 1 is 1.00 bits per heavy atom. The van der Waals surface area contributed by atoms with Gasteiger partial charge in [-0.05, 0) is 54.4 Å². The number of amides is 2. The number of carbonyl (C=O) groups is 2. The Hall–Kier alpha value is -3.94. The molecule has 1 heterocycles. The van der Waals surface area contributed by atoms with Crippen LogP contribution in [-0.2, 0) is 6.42 Å². The topological polar surface area (TPSA) is 67.9 Å². The molecular formula is C24H20F2N2O4. The van der Waals surface area contributed by atoms with Crippen molar-refractivity contribution in [2.24, 2.45) is 0 Å². The van der Waals surface area contributed by atoms with Crippen molar-refractivity contribution in [1.82, 2.24) is 0 Å². The molecule has 32 heavy (non-hydrogen) atoms. The van der Waals surface area contributed by atoms with E-state index in [-0.39, 0.29) is 23.0 Å². The lowest BCUT2D eigenvalue weighted by molar-refractivity contribution is -0.0515. The van der Waals surface area contributed by atoms with E-state index >= 15 is 0 Å². The lowest BCUT2D eigenvalue weighted by Crippen LogP contribution is -2.28. The van der Waals surface area contributed by atoms with Crippen LogP contribution in [0.2, 0.25) is 0 Å². The number of fused-ring (bicyclic) bond motifs is 1. The molecule has 0 atom stereocenters. The number of hydrogen-bond acceptors (Lipinski definition) is 4. The summed E-state index contributed by atoms with van der Waals surface area (Å²) in [4.78, 5) is 27.3. The highest BCUT2D eigenvalue weighted by Crippen LogP contribution is 2.33. The van der Waals surface area contributed by atoms with E-state index in [0.29, 0.717) is 17.8 Å². The quantitative estimate of drug-likeness (QED) is 0.603. The third-order valence-electron chi connectivity index (χ3n) is 5.17. The van der Waals surface area contributed by atoms with Gasteiger partial charge in [0, 0.05) is 23.5 Å². The van der Waals surface area contributed by atoms with Crippen molar-refractivity contribution in [1.29, 1.82) is 0 Å². The van der Waals surface area contributed by atoms with Gasteiger partial charge in [0.05, 0.1) is 12.7 Å². The zero-order chi connectivity index (χ0) is 22.7. The number of benzene rings is 3. The molecule has 3 aromatic rings. The molecule has 1 aliphatic rings. The first-order chi connectivity index (χ1) is 15.5. The third kappa shape index (κ3) is 4.25. The molecule has 0 aromatic heterocycles. The Morgan fingerprint density at radius 3 is 2.47 bits per heavy atom. The molecule has 0 saturated carbocycles. The van der Waals surface area contributed by atoms with Gasteiger partial charge >= 0.3 is 6.61 Å². The van der Waals surface area contributed by atoms with Crippen molar-refractivity contribution < 1.29 is 27.8 Å². The summed E-state index contributed by atoms with van der Waals surface area (Å²) in [6.45, 7) is -2.50. The summed E-state index contributed by atoms with van der Waals surface area (Å²) in [6, 6.07) is 18.4. The molecule has 1 aliphatic heterocycles. The predicted molar refractivity (Wildman–Crippen MR) is 116 cm³/mol. The molecule has 0 radical (unpaired) electrons. The molecule has 3 aromatic carbocycles. The van der Waals surface area contributed by atoms with Gasteiger partial charge in [0.1, 0.15) is 0 Å². The number of para-hydroxylation sites is 2. The number of nitrogens with one attached hydrogen (secondary N) is 1. The van der Waals surface area contributed by atoms with Crippen LogP contribution in [0.15, 0.2) is 66.7 Å². The summed E-state index contributed by atoms with van der Waals surface area (Å²) >= 11 is 0. The van der Waals surface area contributed by atoms with Gasteiger partial charge in [-0.1, -0.05) is 24.3 Å². The highest BCUT2D eigenvalue weighted by molar-refractivity contribution is 6.09. The maximum Gasteiger partial charge on any atom is 0.387 e. The molecule has 2 amide bonds. The van der Waals surface area contributed by atoms with Crippen molar-refractivity contribution in [2.75, 3.05) is 23.9 Å². The van der Waals surface area contributed by atoms with Crippen LogP contribution in [0.1, 0.15) is 26.3 Å². The number of hydrogen-bond donors (Lipinski definition) is 1. The summed E-state index contributed by atoms with van der Waals surface area (Å²) in [6.07, 6.45) is 0.805. The number of ether oxygens (including phenoxy) is 2. The molecule has 8 heteroatoms. The Kier molecular flexibility index (Phi) is 6.02. The second-order valence-corrected chi connectivity index (χ2v) is 7.08. The average Bonchev–Trinajstić information content (AvgIpc) is 3.23. The van der Waals surface area contributed by atoms with Crippen LogP contribution in [0.5, 0.6) is 11.5 Å². The average molecular weight is 438 g/mol. The molecular weight excluding hydrogens is 418 g/mol. The Morgan fingerprint density at radius 2 is 1.75 bits per heavy atom. The molecule has 0 aliphatic carbocycles. The highest BCUT2D eigenvalue weighted by Gasteiger charge is 2.25. The standard InChI is InChI=1S/C24H20F2N2O4/c1-31-20-8-4-6-18(21(20)32-24(25)26)22(29)27-17-11-9-16(10-12-17)23(30)28-14-13-15-5-2-3-7-19(15)28/h2-12,24H,13-14H2,1H3,(H,27,29). The molecule has 4 rings (SSSR count). The fourth-order valence-electron chi connectivity index (χ4n) is 3.67. The Bertz CT molecular complexity index is 1150. The minimum Gasteiger partial charge on any atom is -0.493 e. The summed E-state index contributed by atoms with van der Waals surface area (Å²) in [7, 11) is 1.30. The molecule has 0 unspecified atom stereocenters. The van der Waals surface area contributed by atoms with E-state index in [9.17, 15) is 18.4 Å². The maximum absolute atomic E-state index is 12.9. The SMILES string of the molecule is COc1cccc(C(=O)Nc2ccc(C(=O)N3CCc4ccccc43)cc2)c1OC(F)F. The van der Waals surface area contributed by atoms with Crippen molar-refractivity contribution >= 4 is 23.2 Å². The predicted octanol–water partition coefficient (Wildman–Crippen LogP) is 4.75. The fourth-order valence-corrected chi connectivity index (χ4v) is 3.67. The van der Waals surface area contributed by atoms with Gasteiger partial charge in [-0.15, -0.1) is 0 Å². The molecule has 0 bridgehead atoms. The number of alkyl halides is 2. The molecule has 164 valence electrons. The smallest absolute Gasteiger partial charge is 0.387 e. The summed E-state index contributed by atoms with van der Waals surface area (Å²) < 4.78 is 35.1. The largest absolute Gasteiger partial charge is 0.493 e. The van der Waals surface area contributed by atoms with Gasteiger partial charge < -0.3 is 19.7 Å². The number of halogens is 2. The van der Waals surface area contributed by atoms with Crippen LogP contribution in [0.25, 0.3) is 0 Å². The third-order valence-corrected chi connectivity index (χ3v) is 5.17. The Labute approximate surface area is 183 Å². The zero-order valence-corrected chi connectivity index (χ0v) is 17.2. The minimum atomic E-state index is -3.11. The number of anilines is 2. The van der Waals surface area contributed by atoms with E-state index in [1.807, 2.05) is 24.3 Å². The monoisotopic (exact) mass is 438 g/mol. The number of nitrogens with zero attached hydrogens (tertiary/aromatic N) is 1. The molecule has 6 nitrogen and oxygen atoms in total. The zero-order valence-electron chi connectivity index (χ0n) is 17.2. The van der Waals surface area contributed by atoms with Crippen LogP contribution >= 0.6 is 0 Å². The van der Waals surface area contributed by atoms with Gasteiger partial charge in [-0.25, -0.2) is 0 Å². The summed E-state index contributed by atoms with van der Waals surface area (Å²) in [5.74, 6) is -1.10. The lowest BCUT2D eigenvalue weighted by atomic mass is 10.1. The molecule has 0 spiro atoms. The molecule has 0 fully saturated rings. The minimum absolute atomic E-state index is 0.0183. The Balaban J connectivity index is 1.50. The van der Waals surface area contributed by atoms with Gasteiger partial charge in [-0.3, -0.25) is 9.59 Å². The first-order valence-corrected chi connectivity index (χ1v) is 9.91. The summed E-state index contributed by atoms with van der Waals surface area (Å²) in [5, 5.41) is 2.63. The van der Waals surface area contributed by atoms with Crippen molar-refractivity contribution in [3.63, 3.8) is 0 Å². The molecule has 1 N–H and O–H groups in total. The van der Waals surface area contributed by atoms with E-state index in [4.69, 9.17) is 4.74 Å². The van der Waals surface area contributed by atoms with E-state index < -0.39 is 12.5 Å². The summed E-state index contributed by atoms with van der Waals surface area (Å²) in [5.41, 5.74) is 2.81. The fraction of sp³-hybridized carbons (Fsp3) is 0.167. The highest BCUT2D eigenvalue weighted by atomic mass is 19.3. The van der Waals surface area contributed by atoms with E-state index in [1.165, 1.54) is 25.3 Å². The van der Waals surface area contributed by atoms with Crippen LogP contribution in [0.4, 0.5) is 20.2 Å².